The van der Waals surface area contributed by atoms with Gasteiger partial charge < -0.3 is 19.9 Å². The first-order valence-corrected chi connectivity index (χ1v) is 6.36. The van der Waals surface area contributed by atoms with Gasteiger partial charge in [0.2, 0.25) is 0 Å². The molecule has 0 aromatic carbocycles. The van der Waals surface area contributed by atoms with Gasteiger partial charge in [-0.15, -0.1) is 0 Å². The molecule has 1 unspecified atom stereocenters. The highest BCUT2D eigenvalue weighted by molar-refractivity contribution is 9.10. The van der Waals surface area contributed by atoms with E-state index in [9.17, 15) is 9.59 Å². The summed E-state index contributed by atoms with van der Waals surface area (Å²) >= 11 is 3.30. The Morgan fingerprint density at radius 3 is 2.83 bits per heavy atom. The molecule has 1 saturated heterocycles. The molecule has 1 aliphatic rings. The summed E-state index contributed by atoms with van der Waals surface area (Å²) in [6.45, 7) is 1.30. The van der Waals surface area contributed by atoms with Gasteiger partial charge in [-0.2, -0.15) is 0 Å². The Morgan fingerprint density at radius 2 is 2.28 bits per heavy atom. The molecule has 1 fully saturated rings. The van der Waals surface area contributed by atoms with E-state index in [0.717, 1.165) is 4.47 Å². The normalized spacial score (nSPS) is 19.9. The molecule has 2 N–H and O–H groups in total. The summed E-state index contributed by atoms with van der Waals surface area (Å²) in [6, 6.07) is 0.892. The summed E-state index contributed by atoms with van der Waals surface area (Å²) in [6.07, 6.45) is 1.77. The molecule has 18 heavy (non-hydrogen) atoms. The lowest BCUT2D eigenvalue weighted by atomic mass is 10.1. The van der Waals surface area contributed by atoms with E-state index >= 15 is 0 Å². The molecule has 98 valence electrons. The zero-order valence-electron chi connectivity index (χ0n) is 9.89. The summed E-state index contributed by atoms with van der Waals surface area (Å²) < 4.78 is 2.49. The predicted molar refractivity (Wildman–Crippen MR) is 68.4 cm³/mol. The van der Waals surface area contributed by atoms with E-state index in [4.69, 9.17) is 5.11 Å². The van der Waals surface area contributed by atoms with E-state index in [1.54, 1.807) is 23.9 Å². The van der Waals surface area contributed by atoms with Crippen molar-refractivity contribution in [2.45, 2.75) is 6.04 Å². The number of carbonyl (C=O) groups is 2. The number of nitrogens with one attached hydrogen (secondary N) is 1. The number of piperazine rings is 1. The number of aryl methyl sites for hydroxylation is 1. The fraction of sp³-hybridized carbons (Fsp3) is 0.455. The van der Waals surface area contributed by atoms with Gasteiger partial charge in [0.15, 0.2) is 0 Å². The van der Waals surface area contributed by atoms with Crippen LogP contribution in [0.3, 0.4) is 0 Å². The van der Waals surface area contributed by atoms with E-state index < -0.39 is 12.0 Å². The molecule has 0 bridgehead atoms. The molecule has 2 rings (SSSR count). The molecule has 0 spiro atoms. The summed E-state index contributed by atoms with van der Waals surface area (Å²) in [5.74, 6) is -1.24. The number of rotatable bonds is 2. The fourth-order valence-corrected chi connectivity index (χ4v) is 2.58. The molecule has 1 aromatic heterocycles. The molecule has 1 aliphatic heterocycles. The van der Waals surface area contributed by atoms with Crippen molar-refractivity contribution in [2.75, 3.05) is 19.6 Å². The van der Waals surface area contributed by atoms with Crippen molar-refractivity contribution in [1.29, 1.82) is 0 Å². The monoisotopic (exact) mass is 315 g/mol. The number of amides is 1. The largest absolute Gasteiger partial charge is 0.480 e. The Balaban J connectivity index is 2.26. The van der Waals surface area contributed by atoms with Crippen LogP contribution in [0.4, 0.5) is 0 Å². The van der Waals surface area contributed by atoms with Crippen molar-refractivity contribution >= 4 is 27.8 Å². The highest BCUT2D eigenvalue weighted by atomic mass is 79.9. The first-order chi connectivity index (χ1) is 8.50. The van der Waals surface area contributed by atoms with Crippen molar-refractivity contribution in [3.05, 3.63) is 22.4 Å². The minimum absolute atomic E-state index is 0.253. The molecular formula is C11H14BrN3O3. The van der Waals surface area contributed by atoms with Gasteiger partial charge in [-0.1, -0.05) is 0 Å². The highest BCUT2D eigenvalue weighted by Gasteiger charge is 2.33. The molecule has 7 heteroatoms. The summed E-state index contributed by atoms with van der Waals surface area (Å²) in [5.41, 5.74) is 0.482. The van der Waals surface area contributed by atoms with Crippen LogP contribution < -0.4 is 5.32 Å². The van der Waals surface area contributed by atoms with Gasteiger partial charge in [-0.05, 0) is 22.0 Å². The third-order valence-corrected chi connectivity index (χ3v) is 3.41. The van der Waals surface area contributed by atoms with Crippen LogP contribution in [-0.4, -0.2) is 52.1 Å². The van der Waals surface area contributed by atoms with Crippen molar-refractivity contribution in [3.63, 3.8) is 0 Å². The second-order valence-corrected chi connectivity index (χ2v) is 5.13. The molecule has 6 nitrogen and oxygen atoms in total. The first kappa shape index (κ1) is 13.1. The van der Waals surface area contributed by atoms with Crippen LogP contribution in [0.25, 0.3) is 0 Å². The lowest BCUT2D eigenvalue weighted by Crippen LogP contribution is -2.57. The maximum Gasteiger partial charge on any atom is 0.327 e. The average Bonchev–Trinajstić information content (AvgIpc) is 2.67. The summed E-state index contributed by atoms with van der Waals surface area (Å²) in [7, 11) is 1.76. The van der Waals surface area contributed by atoms with Crippen LogP contribution in [0.5, 0.6) is 0 Å². The van der Waals surface area contributed by atoms with E-state index in [-0.39, 0.29) is 12.5 Å². The maximum atomic E-state index is 12.3. The Labute approximate surface area is 113 Å². The first-order valence-electron chi connectivity index (χ1n) is 5.57. The number of nitrogens with zero attached hydrogens (tertiary/aromatic N) is 2. The standard InChI is InChI=1S/C11H14BrN3O3/c1-14-6-7(12)4-8(14)10(16)15-3-2-13-5-9(15)11(17)18/h4,6,9,13H,2-3,5H2,1H3,(H,17,18). The number of aliphatic carboxylic acids is 1. The Morgan fingerprint density at radius 1 is 1.56 bits per heavy atom. The topological polar surface area (TPSA) is 74.6 Å². The van der Waals surface area contributed by atoms with E-state index in [0.29, 0.717) is 18.8 Å². The number of halogens is 1. The van der Waals surface area contributed by atoms with Crippen molar-refractivity contribution in [3.8, 4) is 0 Å². The van der Waals surface area contributed by atoms with Crippen LogP contribution in [0.15, 0.2) is 16.7 Å². The Hall–Kier alpha value is -1.34. The van der Waals surface area contributed by atoms with Crippen molar-refractivity contribution in [2.24, 2.45) is 7.05 Å². The van der Waals surface area contributed by atoms with E-state index in [1.165, 1.54) is 4.90 Å². The molecule has 0 radical (unpaired) electrons. The number of carboxylic acid groups (broad SMARTS) is 1. The van der Waals surface area contributed by atoms with Crippen molar-refractivity contribution < 1.29 is 14.7 Å². The fourth-order valence-electron chi connectivity index (χ4n) is 2.05. The Kier molecular flexibility index (Phi) is 3.72. The third-order valence-electron chi connectivity index (χ3n) is 2.98. The number of hydrogen-bond donors (Lipinski definition) is 2. The van der Waals surface area contributed by atoms with Crippen LogP contribution in [0, 0.1) is 0 Å². The average molecular weight is 316 g/mol. The van der Waals surface area contributed by atoms with Gasteiger partial charge >= 0.3 is 5.97 Å². The predicted octanol–water partition coefficient (Wildman–Crippen LogP) is 0.286. The van der Waals surface area contributed by atoms with Gasteiger partial charge in [0.05, 0.1) is 0 Å². The molecule has 0 saturated carbocycles. The zero-order chi connectivity index (χ0) is 13.3. The van der Waals surface area contributed by atoms with Crippen LogP contribution >= 0.6 is 15.9 Å². The third kappa shape index (κ3) is 2.41. The van der Waals surface area contributed by atoms with Crippen molar-refractivity contribution in [1.82, 2.24) is 14.8 Å². The molecule has 0 aliphatic carbocycles. The lowest BCUT2D eigenvalue weighted by Gasteiger charge is -2.33. The molecule has 1 aromatic rings. The van der Waals surface area contributed by atoms with Gasteiger partial charge in [-0.3, -0.25) is 4.79 Å². The van der Waals surface area contributed by atoms with Crippen LogP contribution in [0.2, 0.25) is 0 Å². The smallest absolute Gasteiger partial charge is 0.327 e. The van der Waals surface area contributed by atoms with Crippen LogP contribution in [-0.2, 0) is 11.8 Å². The number of aromatic nitrogens is 1. The SMILES string of the molecule is Cn1cc(Br)cc1C(=O)N1CCNCC1C(=O)O. The molecule has 2 heterocycles. The molecule has 1 amide bonds. The van der Waals surface area contributed by atoms with Gasteiger partial charge in [0, 0.05) is 37.4 Å². The Bertz CT molecular complexity index is 486. The second kappa shape index (κ2) is 5.11. The highest BCUT2D eigenvalue weighted by Crippen LogP contribution is 2.17. The zero-order valence-corrected chi connectivity index (χ0v) is 11.5. The lowest BCUT2D eigenvalue weighted by molar-refractivity contribution is -0.142. The molecular weight excluding hydrogens is 302 g/mol. The minimum atomic E-state index is -0.983. The molecule has 1 atom stereocenters. The minimum Gasteiger partial charge on any atom is -0.480 e. The van der Waals surface area contributed by atoms with Gasteiger partial charge in [0.1, 0.15) is 11.7 Å². The van der Waals surface area contributed by atoms with Crippen LogP contribution in [0.1, 0.15) is 10.5 Å². The number of hydrogen-bond acceptors (Lipinski definition) is 3. The summed E-state index contributed by atoms with van der Waals surface area (Å²) in [4.78, 5) is 24.9. The number of carbonyl (C=O) groups excluding carboxylic acids is 1. The van der Waals surface area contributed by atoms with Gasteiger partial charge in [0.25, 0.3) is 5.91 Å². The van der Waals surface area contributed by atoms with Gasteiger partial charge in [-0.25, -0.2) is 4.79 Å². The van der Waals surface area contributed by atoms with E-state index in [2.05, 4.69) is 21.2 Å². The summed E-state index contributed by atoms with van der Waals surface area (Å²) in [5, 5.41) is 12.1. The van der Waals surface area contributed by atoms with E-state index in [1.807, 2.05) is 0 Å². The second-order valence-electron chi connectivity index (χ2n) is 4.21. The quantitative estimate of drug-likeness (QED) is 0.822. The number of carboxylic acids is 1. The maximum absolute atomic E-state index is 12.3.